The smallest absolute Gasteiger partial charge is 0.263 e. The molecule has 0 radical (unpaired) electrons. The molecule has 1 aromatic heterocycles. The Morgan fingerprint density at radius 2 is 2.50 bits per heavy atom. The zero-order chi connectivity index (χ0) is 14.4. The molecule has 1 N–H and O–H groups in total. The summed E-state index contributed by atoms with van der Waals surface area (Å²) in [6.45, 7) is 4.42. The molecule has 2 atom stereocenters. The second kappa shape index (κ2) is 7.24. The highest BCUT2D eigenvalue weighted by Gasteiger charge is 2.27. The van der Waals surface area contributed by atoms with Gasteiger partial charge in [0.05, 0.1) is 6.20 Å². The summed E-state index contributed by atoms with van der Waals surface area (Å²) in [6.07, 6.45) is 5.10. The lowest BCUT2D eigenvalue weighted by molar-refractivity contribution is -0.139. The minimum Gasteiger partial charge on any atom is -0.479 e. The molecule has 1 saturated heterocycles. The fourth-order valence-corrected chi connectivity index (χ4v) is 2.65. The summed E-state index contributed by atoms with van der Waals surface area (Å²) in [5, 5.41) is 3.19. The molecule has 5 nitrogen and oxygen atoms in total. The summed E-state index contributed by atoms with van der Waals surface area (Å²) >= 11 is 0. The number of nitrogens with one attached hydrogen (secondary N) is 1. The quantitative estimate of drug-likeness (QED) is 0.881. The normalized spacial score (nSPS) is 20.5. The lowest BCUT2D eigenvalue weighted by Gasteiger charge is -2.34. The van der Waals surface area contributed by atoms with Crippen LogP contribution in [0, 0.1) is 5.92 Å². The highest BCUT2D eigenvalue weighted by molar-refractivity contribution is 5.81. The third-order valence-electron chi connectivity index (χ3n) is 3.62. The van der Waals surface area contributed by atoms with E-state index in [2.05, 4.69) is 10.3 Å². The molecule has 1 aromatic rings. The second-order valence-electron chi connectivity index (χ2n) is 5.30. The number of nitrogens with zero attached hydrogens (tertiary/aromatic N) is 2. The molecule has 0 spiro atoms. The van der Waals surface area contributed by atoms with Gasteiger partial charge in [0.2, 0.25) is 0 Å². The molecule has 0 aromatic carbocycles. The highest BCUT2D eigenvalue weighted by Crippen LogP contribution is 2.18. The topological polar surface area (TPSA) is 54.5 Å². The molecule has 20 heavy (non-hydrogen) atoms. The zero-order valence-electron chi connectivity index (χ0n) is 12.2. The number of carbonyl (C=O) groups excluding carboxylic acids is 1. The summed E-state index contributed by atoms with van der Waals surface area (Å²) in [4.78, 5) is 18.3. The summed E-state index contributed by atoms with van der Waals surface area (Å²) in [5.74, 6) is 1.25. The van der Waals surface area contributed by atoms with Gasteiger partial charge in [0, 0.05) is 19.3 Å². The van der Waals surface area contributed by atoms with Crippen LogP contribution in [0.3, 0.4) is 0 Å². The lowest BCUT2D eigenvalue weighted by atomic mass is 9.97. The molecule has 110 valence electrons. The van der Waals surface area contributed by atoms with Crippen molar-refractivity contribution in [3.8, 4) is 5.75 Å². The van der Waals surface area contributed by atoms with Crippen molar-refractivity contribution >= 4 is 5.91 Å². The number of pyridine rings is 1. The van der Waals surface area contributed by atoms with Gasteiger partial charge in [-0.1, -0.05) is 0 Å². The second-order valence-corrected chi connectivity index (χ2v) is 5.30. The number of hydrogen-bond acceptors (Lipinski definition) is 4. The fraction of sp³-hybridized carbons (Fsp3) is 0.600. The van der Waals surface area contributed by atoms with Gasteiger partial charge >= 0.3 is 0 Å². The molecule has 2 unspecified atom stereocenters. The molecule has 0 aliphatic carbocycles. The van der Waals surface area contributed by atoms with Gasteiger partial charge in [0.25, 0.3) is 5.91 Å². The van der Waals surface area contributed by atoms with Crippen LogP contribution in [0.25, 0.3) is 0 Å². The number of piperidine rings is 1. The van der Waals surface area contributed by atoms with Crippen LogP contribution in [0.4, 0.5) is 0 Å². The van der Waals surface area contributed by atoms with E-state index in [-0.39, 0.29) is 5.91 Å². The van der Waals surface area contributed by atoms with Crippen molar-refractivity contribution in [3.63, 3.8) is 0 Å². The van der Waals surface area contributed by atoms with Crippen LogP contribution in [-0.4, -0.2) is 48.6 Å². The first-order valence-corrected chi connectivity index (χ1v) is 7.20. The van der Waals surface area contributed by atoms with Crippen molar-refractivity contribution < 1.29 is 9.53 Å². The van der Waals surface area contributed by atoms with Crippen LogP contribution in [0.1, 0.15) is 19.8 Å². The van der Waals surface area contributed by atoms with E-state index in [1.165, 1.54) is 6.42 Å². The average Bonchev–Trinajstić information content (AvgIpc) is 2.48. The number of amides is 1. The number of ether oxygens (including phenoxy) is 1. The monoisotopic (exact) mass is 277 g/mol. The van der Waals surface area contributed by atoms with Gasteiger partial charge < -0.3 is 15.0 Å². The lowest BCUT2D eigenvalue weighted by Crippen LogP contribution is -2.47. The maximum absolute atomic E-state index is 12.4. The minimum absolute atomic E-state index is 0.0645. The van der Waals surface area contributed by atoms with E-state index < -0.39 is 6.10 Å². The largest absolute Gasteiger partial charge is 0.479 e. The average molecular weight is 277 g/mol. The van der Waals surface area contributed by atoms with Crippen molar-refractivity contribution in [3.05, 3.63) is 24.5 Å². The van der Waals surface area contributed by atoms with Crippen molar-refractivity contribution in [1.29, 1.82) is 0 Å². The standard InChI is InChI=1S/C15H23N3O2/c1-12(20-14-6-3-7-17-10-14)15(19)18-8-4-5-13(11-18)9-16-2/h3,6-7,10,12-13,16H,4-5,8-9,11H2,1-2H3. The van der Waals surface area contributed by atoms with E-state index >= 15 is 0 Å². The zero-order valence-corrected chi connectivity index (χ0v) is 12.2. The Hall–Kier alpha value is -1.62. The van der Waals surface area contributed by atoms with E-state index in [0.29, 0.717) is 11.7 Å². The molecule has 0 saturated carbocycles. The van der Waals surface area contributed by atoms with Crippen molar-refractivity contribution in [1.82, 2.24) is 15.2 Å². The molecule has 1 amide bonds. The van der Waals surface area contributed by atoms with Gasteiger partial charge in [-0.3, -0.25) is 9.78 Å². The molecule has 1 aliphatic heterocycles. The maximum Gasteiger partial charge on any atom is 0.263 e. The maximum atomic E-state index is 12.4. The summed E-state index contributed by atoms with van der Waals surface area (Å²) in [5.41, 5.74) is 0. The molecule has 0 bridgehead atoms. The first kappa shape index (κ1) is 14.8. The predicted octanol–water partition coefficient (Wildman–Crippen LogP) is 1.31. The van der Waals surface area contributed by atoms with Crippen LogP contribution in [0.5, 0.6) is 5.75 Å². The number of aromatic nitrogens is 1. The third kappa shape index (κ3) is 3.93. The van der Waals surface area contributed by atoms with Crippen LogP contribution < -0.4 is 10.1 Å². The Labute approximate surface area is 120 Å². The van der Waals surface area contributed by atoms with E-state index in [9.17, 15) is 4.79 Å². The Morgan fingerprint density at radius 1 is 1.65 bits per heavy atom. The highest BCUT2D eigenvalue weighted by atomic mass is 16.5. The van der Waals surface area contributed by atoms with Crippen LogP contribution in [-0.2, 0) is 4.79 Å². The third-order valence-corrected chi connectivity index (χ3v) is 3.62. The van der Waals surface area contributed by atoms with Gasteiger partial charge in [-0.25, -0.2) is 0 Å². The number of carbonyl (C=O) groups is 1. The van der Waals surface area contributed by atoms with Gasteiger partial charge in [-0.2, -0.15) is 0 Å². The van der Waals surface area contributed by atoms with Crippen LogP contribution in [0.2, 0.25) is 0 Å². The molecule has 1 fully saturated rings. The SMILES string of the molecule is CNCC1CCCN(C(=O)C(C)Oc2cccnc2)C1. The molecular formula is C15H23N3O2. The fourth-order valence-electron chi connectivity index (χ4n) is 2.65. The van der Waals surface area contributed by atoms with Crippen molar-refractivity contribution in [2.75, 3.05) is 26.7 Å². The van der Waals surface area contributed by atoms with E-state index in [4.69, 9.17) is 4.74 Å². The number of rotatable bonds is 5. The van der Waals surface area contributed by atoms with Crippen molar-refractivity contribution in [2.24, 2.45) is 5.92 Å². The first-order chi connectivity index (χ1) is 9.70. The first-order valence-electron chi connectivity index (χ1n) is 7.20. The van der Waals surface area contributed by atoms with Crippen molar-refractivity contribution in [2.45, 2.75) is 25.9 Å². The Morgan fingerprint density at radius 3 is 3.20 bits per heavy atom. The molecule has 5 heteroatoms. The minimum atomic E-state index is -0.465. The van der Waals surface area contributed by atoms with E-state index in [1.54, 1.807) is 25.4 Å². The van der Waals surface area contributed by atoms with E-state index in [1.807, 2.05) is 18.0 Å². The molecule has 2 rings (SSSR count). The summed E-state index contributed by atoms with van der Waals surface area (Å²) in [7, 11) is 1.95. The Bertz CT molecular complexity index is 422. The van der Waals surface area contributed by atoms with Crippen LogP contribution >= 0.6 is 0 Å². The van der Waals surface area contributed by atoms with Gasteiger partial charge in [-0.15, -0.1) is 0 Å². The molecule has 2 heterocycles. The van der Waals surface area contributed by atoms with E-state index in [0.717, 1.165) is 26.1 Å². The van der Waals surface area contributed by atoms with Gasteiger partial charge in [0.15, 0.2) is 6.10 Å². The van der Waals surface area contributed by atoms with Crippen LogP contribution in [0.15, 0.2) is 24.5 Å². The van der Waals surface area contributed by atoms with Gasteiger partial charge in [-0.05, 0) is 51.4 Å². The number of likely N-dealkylation sites (tertiary alicyclic amines) is 1. The summed E-state index contributed by atoms with van der Waals surface area (Å²) < 4.78 is 5.66. The predicted molar refractivity (Wildman–Crippen MR) is 77.6 cm³/mol. The Balaban J connectivity index is 1.89. The molecular weight excluding hydrogens is 254 g/mol. The summed E-state index contributed by atoms with van der Waals surface area (Å²) in [6, 6.07) is 3.62. The van der Waals surface area contributed by atoms with Gasteiger partial charge in [0.1, 0.15) is 5.75 Å². The Kier molecular flexibility index (Phi) is 5.35. The molecule has 1 aliphatic rings. The number of hydrogen-bond donors (Lipinski definition) is 1.